The standard InChI is InChI=1S/C13H19N3O4/c1-14-11(6-7-12(14)16(19)20)13(18)15-8-2-4-10(15)5-3-9-17/h6-7,10,17H,2-5,8-9H2,1H3. The van der Waals surface area contributed by atoms with Gasteiger partial charge in [0, 0.05) is 25.3 Å². The number of carbonyl (C=O) groups is 1. The monoisotopic (exact) mass is 281 g/mol. The highest BCUT2D eigenvalue weighted by molar-refractivity contribution is 5.93. The minimum absolute atomic E-state index is 0.0838. The number of nitro groups is 1. The molecule has 0 aliphatic carbocycles. The smallest absolute Gasteiger partial charge is 0.323 e. The highest BCUT2D eigenvalue weighted by atomic mass is 16.6. The van der Waals surface area contributed by atoms with Gasteiger partial charge in [0.1, 0.15) is 0 Å². The maximum absolute atomic E-state index is 12.5. The summed E-state index contributed by atoms with van der Waals surface area (Å²) in [7, 11) is 1.53. The number of carbonyl (C=O) groups excluding carboxylic acids is 1. The Kier molecular flexibility index (Phi) is 4.39. The average Bonchev–Trinajstić information content (AvgIpc) is 3.01. The highest BCUT2D eigenvalue weighted by Gasteiger charge is 2.32. The van der Waals surface area contributed by atoms with Crippen LogP contribution in [0.2, 0.25) is 0 Å². The molecule has 1 amide bonds. The zero-order valence-corrected chi connectivity index (χ0v) is 11.5. The molecule has 0 aromatic carbocycles. The van der Waals surface area contributed by atoms with E-state index < -0.39 is 4.92 Å². The largest absolute Gasteiger partial charge is 0.396 e. The van der Waals surface area contributed by atoms with Crippen LogP contribution in [-0.4, -0.2) is 44.6 Å². The molecule has 2 rings (SSSR count). The molecule has 1 unspecified atom stereocenters. The summed E-state index contributed by atoms with van der Waals surface area (Å²) in [6, 6.07) is 2.98. The van der Waals surface area contributed by atoms with Gasteiger partial charge in [0.05, 0.1) is 7.05 Å². The van der Waals surface area contributed by atoms with Gasteiger partial charge in [0.2, 0.25) is 0 Å². The van der Waals surface area contributed by atoms with E-state index in [1.807, 2.05) is 0 Å². The zero-order chi connectivity index (χ0) is 14.7. The molecule has 1 aliphatic rings. The van der Waals surface area contributed by atoms with Gasteiger partial charge in [-0.2, -0.15) is 0 Å². The maximum Gasteiger partial charge on any atom is 0.323 e. The SMILES string of the molecule is Cn1c(C(=O)N2CCCC2CCCO)ccc1[N+](=O)[O-]. The van der Waals surface area contributed by atoms with E-state index in [9.17, 15) is 14.9 Å². The third kappa shape index (κ3) is 2.67. The van der Waals surface area contributed by atoms with Gasteiger partial charge in [0.25, 0.3) is 5.91 Å². The molecule has 0 spiro atoms. The van der Waals surface area contributed by atoms with Crippen molar-refractivity contribution in [2.45, 2.75) is 31.7 Å². The third-order valence-electron chi connectivity index (χ3n) is 3.83. The van der Waals surface area contributed by atoms with E-state index in [-0.39, 0.29) is 24.4 Å². The molecule has 20 heavy (non-hydrogen) atoms. The molecular weight excluding hydrogens is 262 g/mol. The molecule has 110 valence electrons. The predicted octanol–water partition coefficient (Wildman–Crippen LogP) is 1.31. The van der Waals surface area contributed by atoms with Gasteiger partial charge < -0.3 is 20.1 Å². The molecule has 1 atom stereocenters. The fourth-order valence-corrected chi connectivity index (χ4v) is 2.78. The normalized spacial score (nSPS) is 18.5. The van der Waals surface area contributed by atoms with Gasteiger partial charge in [-0.25, -0.2) is 4.57 Å². The van der Waals surface area contributed by atoms with Crippen molar-refractivity contribution in [2.75, 3.05) is 13.2 Å². The van der Waals surface area contributed by atoms with E-state index in [0.717, 1.165) is 19.3 Å². The number of hydrogen-bond acceptors (Lipinski definition) is 4. The summed E-state index contributed by atoms with van der Waals surface area (Å²) < 4.78 is 1.32. The molecule has 0 bridgehead atoms. The Labute approximate surface area is 116 Å². The number of rotatable bonds is 5. The van der Waals surface area contributed by atoms with Gasteiger partial charge in [-0.15, -0.1) is 0 Å². The molecule has 1 N–H and O–H groups in total. The van der Waals surface area contributed by atoms with Crippen molar-refractivity contribution in [3.63, 3.8) is 0 Å². The lowest BCUT2D eigenvalue weighted by Crippen LogP contribution is -2.36. The molecule has 7 heteroatoms. The second kappa shape index (κ2) is 6.04. The summed E-state index contributed by atoms with van der Waals surface area (Å²) >= 11 is 0. The van der Waals surface area contributed by atoms with Crippen LogP contribution in [-0.2, 0) is 7.05 Å². The van der Waals surface area contributed by atoms with E-state index >= 15 is 0 Å². The van der Waals surface area contributed by atoms with E-state index in [4.69, 9.17) is 5.11 Å². The van der Waals surface area contributed by atoms with Crippen molar-refractivity contribution in [2.24, 2.45) is 7.05 Å². The Hall–Kier alpha value is -1.89. The minimum Gasteiger partial charge on any atom is -0.396 e. The first-order valence-electron chi connectivity index (χ1n) is 6.78. The summed E-state index contributed by atoms with van der Waals surface area (Å²) in [5, 5.41) is 19.7. The molecular formula is C13H19N3O4. The van der Waals surface area contributed by atoms with Crippen LogP contribution in [0.15, 0.2) is 12.1 Å². The van der Waals surface area contributed by atoms with Gasteiger partial charge in [-0.1, -0.05) is 0 Å². The first-order chi connectivity index (χ1) is 9.56. The van der Waals surface area contributed by atoms with E-state index in [1.165, 1.54) is 23.7 Å². The van der Waals surface area contributed by atoms with Gasteiger partial charge in [-0.05, 0) is 36.7 Å². The molecule has 1 aliphatic heterocycles. The molecule has 1 fully saturated rings. The Balaban J connectivity index is 2.16. The maximum atomic E-state index is 12.5. The number of aliphatic hydroxyl groups excluding tert-OH is 1. The van der Waals surface area contributed by atoms with Crippen LogP contribution >= 0.6 is 0 Å². The van der Waals surface area contributed by atoms with Crippen LogP contribution in [0.25, 0.3) is 0 Å². The van der Waals surface area contributed by atoms with Crippen molar-refractivity contribution >= 4 is 11.7 Å². The summed E-state index contributed by atoms with van der Waals surface area (Å²) in [6.45, 7) is 0.794. The van der Waals surface area contributed by atoms with Crippen molar-refractivity contribution < 1.29 is 14.8 Å². The van der Waals surface area contributed by atoms with E-state index in [2.05, 4.69) is 0 Å². The Bertz CT molecular complexity index is 512. The Morgan fingerprint density at radius 3 is 2.90 bits per heavy atom. The van der Waals surface area contributed by atoms with Crippen LogP contribution in [0.1, 0.15) is 36.2 Å². The summed E-state index contributed by atoms with van der Waals surface area (Å²) in [6.07, 6.45) is 3.31. The summed E-state index contributed by atoms with van der Waals surface area (Å²) in [5.74, 6) is -0.250. The predicted molar refractivity (Wildman–Crippen MR) is 72.4 cm³/mol. The van der Waals surface area contributed by atoms with Crippen LogP contribution in [0.5, 0.6) is 0 Å². The number of amides is 1. The second-order valence-electron chi connectivity index (χ2n) is 5.05. The molecule has 1 aromatic rings. The number of likely N-dealkylation sites (tertiary alicyclic amines) is 1. The second-order valence-corrected chi connectivity index (χ2v) is 5.05. The van der Waals surface area contributed by atoms with Gasteiger partial charge >= 0.3 is 5.82 Å². The summed E-state index contributed by atoms with van der Waals surface area (Å²) in [4.78, 5) is 24.6. The Morgan fingerprint density at radius 2 is 2.30 bits per heavy atom. The van der Waals surface area contributed by atoms with Crippen molar-refractivity contribution in [3.8, 4) is 0 Å². The molecule has 1 aromatic heterocycles. The minimum atomic E-state index is -0.496. The number of aromatic nitrogens is 1. The zero-order valence-electron chi connectivity index (χ0n) is 11.5. The number of nitrogens with zero attached hydrogens (tertiary/aromatic N) is 3. The first-order valence-corrected chi connectivity index (χ1v) is 6.78. The lowest BCUT2D eigenvalue weighted by Gasteiger charge is -2.23. The first kappa shape index (κ1) is 14.5. The van der Waals surface area contributed by atoms with Gasteiger partial charge in [0.15, 0.2) is 5.69 Å². The van der Waals surface area contributed by atoms with Crippen molar-refractivity contribution in [1.29, 1.82) is 0 Å². The topological polar surface area (TPSA) is 88.6 Å². The lowest BCUT2D eigenvalue weighted by molar-refractivity contribution is -0.391. The Morgan fingerprint density at radius 1 is 1.55 bits per heavy atom. The summed E-state index contributed by atoms with van der Waals surface area (Å²) in [5.41, 5.74) is 0.340. The van der Waals surface area contributed by atoms with E-state index in [1.54, 1.807) is 4.90 Å². The fraction of sp³-hybridized carbons (Fsp3) is 0.615. The molecule has 0 saturated carbocycles. The quantitative estimate of drug-likeness (QED) is 0.651. The number of hydrogen-bond donors (Lipinski definition) is 1. The molecule has 2 heterocycles. The van der Waals surface area contributed by atoms with Crippen LogP contribution < -0.4 is 0 Å². The molecule has 0 radical (unpaired) electrons. The number of aliphatic hydroxyl groups is 1. The fourth-order valence-electron chi connectivity index (χ4n) is 2.78. The average molecular weight is 281 g/mol. The van der Waals surface area contributed by atoms with Crippen molar-refractivity contribution in [1.82, 2.24) is 9.47 Å². The van der Waals surface area contributed by atoms with Crippen LogP contribution in [0, 0.1) is 10.1 Å². The lowest BCUT2D eigenvalue weighted by atomic mass is 10.1. The van der Waals surface area contributed by atoms with Crippen molar-refractivity contribution in [3.05, 3.63) is 27.9 Å². The highest BCUT2D eigenvalue weighted by Crippen LogP contribution is 2.25. The van der Waals surface area contributed by atoms with E-state index in [0.29, 0.717) is 18.7 Å². The third-order valence-corrected chi connectivity index (χ3v) is 3.83. The molecule has 1 saturated heterocycles. The molecule has 7 nitrogen and oxygen atoms in total. The van der Waals surface area contributed by atoms with Crippen LogP contribution in [0.4, 0.5) is 5.82 Å². The van der Waals surface area contributed by atoms with Crippen LogP contribution in [0.3, 0.4) is 0 Å². The van der Waals surface area contributed by atoms with Gasteiger partial charge in [-0.3, -0.25) is 4.79 Å².